The number of amides is 3. The van der Waals surface area contributed by atoms with Gasteiger partial charge in [-0.3, -0.25) is 19.4 Å². The topological polar surface area (TPSA) is 129 Å². The molecule has 2 N–H and O–H groups in total. The number of carbonyl (C=O) groups is 4. The van der Waals surface area contributed by atoms with E-state index in [9.17, 15) is 28.7 Å². The first-order chi connectivity index (χ1) is 24.9. The first-order valence-corrected chi connectivity index (χ1v) is 17.6. The number of aliphatic carboxylic acids is 1. The number of piperazine rings is 2. The third kappa shape index (κ3) is 8.14. The highest BCUT2D eigenvalue weighted by atomic mass is 19.1. The zero-order chi connectivity index (χ0) is 37.1. The highest BCUT2D eigenvalue weighted by molar-refractivity contribution is 6.08. The van der Waals surface area contributed by atoms with Crippen molar-refractivity contribution in [2.75, 3.05) is 88.9 Å². The lowest BCUT2D eigenvalue weighted by Crippen LogP contribution is -2.53. The molecular formula is C37H45F2N7O6. The van der Waals surface area contributed by atoms with Gasteiger partial charge in [0.25, 0.3) is 0 Å². The number of carboxylic acid groups (broad SMARTS) is 1. The Morgan fingerprint density at radius 2 is 1.63 bits per heavy atom. The summed E-state index contributed by atoms with van der Waals surface area (Å²) in [6, 6.07) is 3.42. The van der Waals surface area contributed by atoms with Crippen molar-refractivity contribution in [2.45, 2.75) is 32.2 Å². The molecule has 2 aliphatic carbocycles. The minimum atomic E-state index is -1.08. The van der Waals surface area contributed by atoms with Crippen molar-refractivity contribution < 1.29 is 37.8 Å². The second-order valence-electron chi connectivity index (χ2n) is 13.5. The number of cyclic esters (lactones) is 1. The minimum Gasteiger partial charge on any atom is -0.478 e. The fourth-order valence-corrected chi connectivity index (χ4v) is 6.89. The van der Waals surface area contributed by atoms with Gasteiger partial charge in [-0.15, -0.1) is 0 Å². The third-order valence-electron chi connectivity index (χ3n) is 10.1. The van der Waals surface area contributed by atoms with E-state index in [0.717, 1.165) is 24.2 Å². The smallest absolute Gasteiger partial charge is 0.414 e. The van der Waals surface area contributed by atoms with Crippen LogP contribution in [0.2, 0.25) is 0 Å². The summed E-state index contributed by atoms with van der Waals surface area (Å²) in [7, 11) is 1.60. The first-order valence-electron chi connectivity index (χ1n) is 17.6. The molecule has 0 aromatic heterocycles. The molecule has 52 heavy (non-hydrogen) atoms. The molecular weight excluding hydrogens is 676 g/mol. The summed E-state index contributed by atoms with van der Waals surface area (Å²) < 4.78 is 35.2. The number of rotatable bonds is 7. The van der Waals surface area contributed by atoms with Gasteiger partial charge in [-0.1, -0.05) is 6.58 Å². The van der Waals surface area contributed by atoms with Crippen LogP contribution in [0.3, 0.4) is 0 Å². The van der Waals surface area contributed by atoms with Gasteiger partial charge in [0.05, 0.1) is 30.0 Å². The molecule has 4 heterocycles. The number of benzene rings is 1. The molecule has 0 bridgehead atoms. The summed E-state index contributed by atoms with van der Waals surface area (Å²) in [5.74, 6) is -1.78. The summed E-state index contributed by atoms with van der Waals surface area (Å²) in [6.45, 7) is 10.9. The van der Waals surface area contributed by atoms with E-state index >= 15 is 4.39 Å². The van der Waals surface area contributed by atoms with Gasteiger partial charge in [-0.2, -0.15) is 0 Å². The zero-order valence-electron chi connectivity index (χ0n) is 29.6. The number of carbonyl (C=O) groups excluding carboxylic acids is 3. The van der Waals surface area contributed by atoms with Crippen molar-refractivity contribution >= 4 is 40.8 Å². The minimum absolute atomic E-state index is 0.00463. The van der Waals surface area contributed by atoms with Crippen LogP contribution in [0, 0.1) is 5.82 Å². The highest BCUT2D eigenvalue weighted by Crippen LogP contribution is 2.44. The highest BCUT2D eigenvalue weighted by Gasteiger charge is 2.36. The fraction of sp³-hybridized carbons (Fsp3) is 0.459. The van der Waals surface area contributed by atoms with E-state index in [1.807, 2.05) is 26.8 Å². The maximum absolute atomic E-state index is 15.5. The van der Waals surface area contributed by atoms with Crippen LogP contribution in [-0.2, 0) is 19.1 Å². The predicted molar refractivity (Wildman–Crippen MR) is 191 cm³/mol. The van der Waals surface area contributed by atoms with E-state index in [1.54, 1.807) is 19.3 Å². The second-order valence-corrected chi connectivity index (χ2v) is 13.5. The summed E-state index contributed by atoms with van der Waals surface area (Å²) in [5, 5.41) is 12.0. The molecule has 6 aliphatic rings. The van der Waals surface area contributed by atoms with Gasteiger partial charge in [0.2, 0.25) is 11.8 Å². The largest absolute Gasteiger partial charge is 0.478 e. The normalized spacial score (nSPS) is 20.8. The first kappa shape index (κ1) is 36.6. The van der Waals surface area contributed by atoms with Gasteiger partial charge in [-0.25, -0.2) is 18.4 Å². The summed E-state index contributed by atoms with van der Waals surface area (Å²) in [4.78, 5) is 58.1. The van der Waals surface area contributed by atoms with Crippen LogP contribution >= 0.6 is 0 Å². The van der Waals surface area contributed by atoms with Gasteiger partial charge in [0.15, 0.2) is 0 Å². The van der Waals surface area contributed by atoms with Crippen molar-refractivity contribution in [1.29, 1.82) is 0 Å². The summed E-state index contributed by atoms with van der Waals surface area (Å²) >= 11 is 0. The Kier molecular flexibility index (Phi) is 11.0. The van der Waals surface area contributed by atoms with Crippen molar-refractivity contribution in [1.82, 2.24) is 24.9 Å². The number of hydrogen-bond acceptors (Lipinski definition) is 9. The van der Waals surface area contributed by atoms with Crippen molar-refractivity contribution in [3.8, 4) is 0 Å². The van der Waals surface area contributed by atoms with E-state index < -0.39 is 17.9 Å². The number of allylic oxidation sites excluding steroid dienone is 4. The van der Waals surface area contributed by atoms with Gasteiger partial charge < -0.3 is 34.8 Å². The fourth-order valence-electron chi connectivity index (χ4n) is 6.89. The molecule has 7 rings (SSSR count). The number of halogens is 2. The number of fused-ring (bicyclic) bond motifs is 1. The number of anilines is 2. The molecule has 4 aliphatic heterocycles. The molecule has 13 nitrogen and oxygen atoms in total. The van der Waals surface area contributed by atoms with Gasteiger partial charge in [0, 0.05) is 102 Å². The molecule has 3 saturated heterocycles. The molecule has 0 unspecified atom stereocenters. The molecule has 1 aromatic rings. The molecule has 278 valence electrons. The molecule has 1 saturated carbocycles. The molecule has 0 atom stereocenters. The maximum Gasteiger partial charge on any atom is 0.414 e. The average molecular weight is 722 g/mol. The Bertz CT molecular complexity index is 1750. The lowest BCUT2D eigenvalue weighted by atomic mass is 9.93. The standard InChI is InChI=1S/C34H38F2N6O5.C3H7NO/c1-22-27-18-29(36)31(19-30(27)42(24-2-3-24)20-28(22)33(44)45)39-8-6-37(7-9-39)21-32(43)40-12-10-38(11-13-40)25-4-5-26(17-23(35)16-25)41-14-15-47-34(41)46;1-3(5)4-2/h4-5,17-20,24H,1-3,6-16,21H2,(H,44,45);1-2H3,(H,4,5). The monoisotopic (exact) mass is 721 g/mol. The lowest BCUT2D eigenvalue weighted by Gasteiger charge is -2.40. The molecule has 3 amide bonds. The maximum atomic E-state index is 15.5. The Hall–Kier alpha value is -5.18. The summed E-state index contributed by atoms with van der Waals surface area (Å²) in [5.41, 5.74) is 3.43. The van der Waals surface area contributed by atoms with E-state index in [2.05, 4.69) is 21.7 Å². The van der Waals surface area contributed by atoms with Crippen molar-refractivity contribution in [2.24, 2.45) is 0 Å². The van der Waals surface area contributed by atoms with Gasteiger partial charge >= 0.3 is 12.1 Å². The van der Waals surface area contributed by atoms with Crippen LogP contribution in [-0.4, -0.2) is 134 Å². The second kappa shape index (κ2) is 15.6. The van der Waals surface area contributed by atoms with E-state index in [4.69, 9.17) is 4.74 Å². The van der Waals surface area contributed by atoms with E-state index in [-0.39, 0.29) is 48.8 Å². The van der Waals surface area contributed by atoms with Crippen molar-refractivity contribution in [3.63, 3.8) is 0 Å². The van der Waals surface area contributed by atoms with Crippen LogP contribution in [0.4, 0.5) is 25.0 Å². The molecule has 15 heteroatoms. The average Bonchev–Trinajstić information content (AvgIpc) is 3.92. The molecule has 0 spiro atoms. The van der Waals surface area contributed by atoms with Crippen LogP contribution in [0.1, 0.15) is 31.7 Å². The number of carboxylic acids is 1. The van der Waals surface area contributed by atoms with E-state index in [1.165, 1.54) is 24.0 Å². The van der Waals surface area contributed by atoms with E-state index in [0.29, 0.717) is 81.4 Å². The Morgan fingerprint density at radius 3 is 2.23 bits per heavy atom. The zero-order valence-corrected chi connectivity index (χ0v) is 29.6. The molecule has 1 aromatic carbocycles. The van der Waals surface area contributed by atoms with Crippen LogP contribution in [0.25, 0.3) is 5.57 Å². The van der Waals surface area contributed by atoms with Crippen LogP contribution < -0.4 is 15.1 Å². The Morgan fingerprint density at radius 1 is 0.962 bits per heavy atom. The number of nitrogens with one attached hydrogen (secondary N) is 1. The SMILES string of the molecule is C=C1C(C(=O)O)=CN(C2CC2)c2cc(N3CCN(CC(=O)N4CCN(C5=CC=C(N6CCOC6=O)C=C(F)C5)CC4)CC3)c(F)cc21.CNC(C)=O. The van der Waals surface area contributed by atoms with Gasteiger partial charge in [-0.05, 0) is 48.8 Å². The predicted octanol–water partition coefficient (Wildman–Crippen LogP) is 3.29. The van der Waals surface area contributed by atoms with Crippen LogP contribution in [0.5, 0.6) is 0 Å². The van der Waals surface area contributed by atoms with Crippen LogP contribution in [0.15, 0.2) is 65.9 Å². The number of hydrogen-bond donors (Lipinski definition) is 2. The Labute approximate surface area is 301 Å². The molecule has 0 radical (unpaired) electrons. The third-order valence-corrected chi connectivity index (χ3v) is 10.1. The number of nitrogens with zero attached hydrogens (tertiary/aromatic N) is 6. The summed E-state index contributed by atoms with van der Waals surface area (Å²) in [6.07, 6.45) is 8.15. The quantitative estimate of drug-likeness (QED) is 0.433. The molecule has 4 fully saturated rings. The number of ether oxygens (including phenoxy) is 1. The van der Waals surface area contributed by atoms with Crippen molar-refractivity contribution in [3.05, 3.63) is 77.3 Å². The lowest BCUT2D eigenvalue weighted by molar-refractivity contribution is -0.134. The van der Waals surface area contributed by atoms with Gasteiger partial charge in [0.1, 0.15) is 18.3 Å². The Balaban J connectivity index is 0.000000870.